The molecule has 1 unspecified atom stereocenters. The molecule has 2 aromatic rings. The van der Waals surface area contributed by atoms with Crippen molar-refractivity contribution in [1.29, 1.82) is 5.26 Å². The van der Waals surface area contributed by atoms with Crippen LogP contribution in [-0.2, 0) is 11.3 Å². The van der Waals surface area contributed by atoms with E-state index in [-0.39, 0.29) is 62.5 Å². The Hall–Kier alpha value is -2.87. The van der Waals surface area contributed by atoms with Crippen LogP contribution in [0.25, 0.3) is 11.0 Å². The molecule has 1 amide bonds. The fraction of sp³-hybridized carbons (Fsp3) is 0.526. The fourth-order valence-electron chi connectivity index (χ4n) is 3.95. The minimum absolute atomic E-state index is 0.0754. The predicted molar refractivity (Wildman–Crippen MR) is 100.0 cm³/mol. The number of carbonyl (C=O) groups excluding carboxylic acids is 1. The molecule has 0 radical (unpaired) electrons. The van der Waals surface area contributed by atoms with Gasteiger partial charge in [0.05, 0.1) is 23.6 Å². The highest BCUT2D eigenvalue weighted by molar-refractivity contribution is 5.84. The Morgan fingerprint density at radius 1 is 1.33 bits per heavy atom. The average molecular weight is 424 g/mol. The molecule has 2 fully saturated rings. The van der Waals surface area contributed by atoms with Crippen molar-refractivity contribution in [2.75, 3.05) is 31.1 Å². The zero-order valence-electron chi connectivity index (χ0n) is 16.0. The van der Waals surface area contributed by atoms with Crippen molar-refractivity contribution < 1.29 is 22.4 Å². The molecule has 2 aliphatic heterocycles. The number of rotatable bonds is 3. The third-order valence-electron chi connectivity index (χ3n) is 5.69. The van der Waals surface area contributed by atoms with Gasteiger partial charge in [-0.05, 0) is 6.42 Å². The molecule has 1 aromatic heterocycles. The number of fused-ring (bicyclic) bond motifs is 1. The molecule has 2 N–H and O–H groups in total. The van der Waals surface area contributed by atoms with Gasteiger partial charge in [0, 0.05) is 38.2 Å². The lowest BCUT2D eigenvalue weighted by molar-refractivity contribution is -0.131. The topological polar surface area (TPSA) is 91.2 Å². The van der Waals surface area contributed by atoms with Crippen LogP contribution in [0.2, 0.25) is 0 Å². The first kappa shape index (κ1) is 20.4. The fourth-order valence-corrected chi connectivity index (χ4v) is 3.95. The second kappa shape index (κ2) is 7.43. The normalized spacial score (nSPS) is 26.9. The molecule has 3 atom stereocenters. The van der Waals surface area contributed by atoms with E-state index in [1.54, 1.807) is 11.0 Å². The number of nitrogens with zero attached hydrogens (tertiary/aromatic N) is 5. The maximum atomic E-state index is 14.2. The van der Waals surface area contributed by atoms with Gasteiger partial charge in [0.1, 0.15) is 18.8 Å². The molecule has 2 aliphatic rings. The summed E-state index contributed by atoms with van der Waals surface area (Å²) in [5, 5.41) is 8.94. The second-order valence-electron chi connectivity index (χ2n) is 7.81. The largest absolute Gasteiger partial charge is 0.340 e. The number of benzene rings is 1. The van der Waals surface area contributed by atoms with Crippen LogP contribution in [0.15, 0.2) is 12.1 Å². The van der Waals surface area contributed by atoms with Crippen LogP contribution in [0, 0.1) is 23.0 Å². The smallest absolute Gasteiger partial charge is 0.242 e. The van der Waals surface area contributed by atoms with Gasteiger partial charge in [-0.1, -0.05) is 0 Å². The van der Waals surface area contributed by atoms with Gasteiger partial charge in [-0.2, -0.15) is 5.26 Å². The molecule has 4 rings (SSSR count). The molecule has 1 aromatic carbocycles. The summed E-state index contributed by atoms with van der Waals surface area (Å²) >= 11 is 0. The summed E-state index contributed by atoms with van der Waals surface area (Å²) in [7, 11) is 0. The minimum Gasteiger partial charge on any atom is -0.340 e. The number of anilines is 1. The number of aromatic nitrogens is 2. The zero-order chi connectivity index (χ0) is 21.6. The van der Waals surface area contributed by atoms with E-state index in [1.165, 1.54) is 9.47 Å². The number of nitriles is 1. The third-order valence-corrected chi connectivity index (χ3v) is 5.69. The van der Waals surface area contributed by atoms with Gasteiger partial charge in [-0.3, -0.25) is 4.79 Å². The van der Waals surface area contributed by atoms with Crippen molar-refractivity contribution in [3.63, 3.8) is 0 Å². The first-order valence-corrected chi connectivity index (χ1v) is 9.58. The van der Waals surface area contributed by atoms with E-state index in [0.717, 1.165) is 12.1 Å². The average Bonchev–Trinajstić information content (AvgIpc) is 3.27. The third kappa shape index (κ3) is 3.56. The van der Waals surface area contributed by atoms with E-state index >= 15 is 0 Å². The summed E-state index contributed by atoms with van der Waals surface area (Å²) in [6, 6.07) is 2.67. The van der Waals surface area contributed by atoms with E-state index in [4.69, 9.17) is 11.0 Å². The number of amides is 1. The summed E-state index contributed by atoms with van der Waals surface area (Å²) in [6.45, 7) is -0.209. The molecule has 3 heterocycles. The van der Waals surface area contributed by atoms with Crippen molar-refractivity contribution in [2.45, 2.75) is 37.3 Å². The van der Waals surface area contributed by atoms with E-state index in [0.29, 0.717) is 0 Å². The van der Waals surface area contributed by atoms with E-state index < -0.39 is 35.4 Å². The Balaban J connectivity index is 1.69. The first-order valence-electron chi connectivity index (χ1n) is 9.58. The number of hydrogen-bond donors (Lipinski definition) is 1. The van der Waals surface area contributed by atoms with Crippen LogP contribution >= 0.6 is 0 Å². The number of carbonyl (C=O) groups is 1. The first-order chi connectivity index (χ1) is 14.2. The van der Waals surface area contributed by atoms with E-state index in [2.05, 4.69) is 4.98 Å². The number of likely N-dealkylation sites (tertiary alicyclic amines) is 1. The summed E-state index contributed by atoms with van der Waals surface area (Å²) in [5.41, 5.74) is 4.04. The number of halogens is 4. The standard InChI is InChI=1S/C19H20F4N6O/c20-11-1-3-27(7-14(11)25)18-26-15-5-12(21)13(22)6-16(15)29(18)8-17(30)28-4-2-19(23,9-24)10-28/h5-6,11,14H,1-4,7-8,10,25H2/t11-,14-,19?/m1/s1. The molecule has 0 aliphatic carbocycles. The Kier molecular flexibility index (Phi) is 5.05. The van der Waals surface area contributed by atoms with Gasteiger partial charge in [0.25, 0.3) is 0 Å². The summed E-state index contributed by atoms with van der Waals surface area (Å²) < 4.78 is 57.0. The highest BCUT2D eigenvalue weighted by Crippen LogP contribution is 2.29. The highest BCUT2D eigenvalue weighted by Gasteiger charge is 2.41. The lowest BCUT2D eigenvalue weighted by Crippen LogP contribution is -2.50. The van der Waals surface area contributed by atoms with Gasteiger partial charge in [-0.25, -0.2) is 22.5 Å². The van der Waals surface area contributed by atoms with E-state index in [1.807, 2.05) is 0 Å². The van der Waals surface area contributed by atoms with Gasteiger partial charge < -0.3 is 20.1 Å². The second-order valence-corrected chi connectivity index (χ2v) is 7.81. The summed E-state index contributed by atoms with van der Waals surface area (Å²) in [4.78, 5) is 20.0. The predicted octanol–water partition coefficient (Wildman–Crippen LogP) is 1.65. The Bertz CT molecular complexity index is 1040. The van der Waals surface area contributed by atoms with Crippen molar-refractivity contribution in [2.24, 2.45) is 5.73 Å². The van der Waals surface area contributed by atoms with Crippen molar-refractivity contribution in [3.05, 3.63) is 23.8 Å². The van der Waals surface area contributed by atoms with Gasteiger partial charge >= 0.3 is 0 Å². The molecule has 30 heavy (non-hydrogen) atoms. The molecule has 11 heteroatoms. The van der Waals surface area contributed by atoms with Crippen LogP contribution in [0.4, 0.5) is 23.5 Å². The number of piperidine rings is 1. The maximum Gasteiger partial charge on any atom is 0.242 e. The van der Waals surface area contributed by atoms with Crippen LogP contribution < -0.4 is 10.6 Å². The van der Waals surface area contributed by atoms with Crippen LogP contribution in [-0.4, -0.2) is 64.4 Å². The van der Waals surface area contributed by atoms with Crippen LogP contribution in [0.3, 0.4) is 0 Å². The Morgan fingerprint density at radius 3 is 2.73 bits per heavy atom. The minimum atomic E-state index is -2.10. The van der Waals surface area contributed by atoms with E-state index in [9.17, 15) is 22.4 Å². The molecule has 2 saturated heterocycles. The van der Waals surface area contributed by atoms with Crippen LogP contribution in [0.1, 0.15) is 12.8 Å². The van der Waals surface area contributed by atoms with Crippen LogP contribution in [0.5, 0.6) is 0 Å². The van der Waals surface area contributed by atoms with Gasteiger partial charge in [-0.15, -0.1) is 0 Å². The molecule has 0 spiro atoms. The molecule has 7 nitrogen and oxygen atoms in total. The number of hydrogen-bond acceptors (Lipinski definition) is 5. The SMILES string of the molecule is N#CC1(F)CCN(C(=O)Cn2c(N3CC[C@@H](F)[C@H](N)C3)nc3cc(F)c(F)cc32)C1. The zero-order valence-corrected chi connectivity index (χ0v) is 16.0. The summed E-state index contributed by atoms with van der Waals surface area (Å²) in [6.07, 6.45) is -1.12. The molecule has 0 bridgehead atoms. The monoisotopic (exact) mass is 424 g/mol. The van der Waals surface area contributed by atoms with Crippen molar-refractivity contribution in [1.82, 2.24) is 14.5 Å². The number of alkyl halides is 2. The van der Waals surface area contributed by atoms with Gasteiger partial charge in [0.2, 0.25) is 17.5 Å². The Labute approximate surface area is 169 Å². The quantitative estimate of drug-likeness (QED) is 0.757. The molecular formula is C19H20F4N6O. The lowest BCUT2D eigenvalue weighted by atomic mass is 10.1. The molecule has 0 saturated carbocycles. The lowest BCUT2D eigenvalue weighted by Gasteiger charge is -2.34. The number of nitrogens with two attached hydrogens (primary N) is 1. The van der Waals surface area contributed by atoms with Crippen molar-refractivity contribution in [3.8, 4) is 6.07 Å². The highest BCUT2D eigenvalue weighted by atomic mass is 19.2. The number of imidazole rings is 1. The molecule has 160 valence electrons. The maximum absolute atomic E-state index is 14.2. The Morgan fingerprint density at radius 2 is 2.07 bits per heavy atom. The summed E-state index contributed by atoms with van der Waals surface area (Å²) in [5.74, 6) is -2.44. The van der Waals surface area contributed by atoms with Gasteiger partial charge in [0.15, 0.2) is 11.6 Å². The van der Waals surface area contributed by atoms with Crippen molar-refractivity contribution >= 4 is 22.9 Å². The molecular weight excluding hydrogens is 404 g/mol.